The number of esters is 2. The van der Waals surface area contributed by atoms with Gasteiger partial charge in [-0.25, -0.2) is 9.59 Å². The van der Waals surface area contributed by atoms with Crippen LogP contribution in [-0.4, -0.2) is 32.8 Å². The Kier molecular flexibility index (Phi) is 7.91. The smallest absolute Gasteiger partial charge is 0.346 e. The normalized spacial score (nSPS) is 9.85. The number of methoxy groups -OCH3 is 2. The SMILES string of the molecule is COC(=O)C(=CNc1cccc(OCCCc2ccccc2)c1)C(=O)OC. The Bertz CT molecular complexity index is 768. The molecule has 1 N–H and O–H groups in total. The number of aryl methyl sites for hydroxylation is 1. The predicted octanol–water partition coefficient (Wildman–Crippen LogP) is 3.34. The minimum atomic E-state index is -0.775. The van der Waals surface area contributed by atoms with E-state index in [0.717, 1.165) is 12.8 Å². The summed E-state index contributed by atoms with van der Waals surface area (Å²) in [5.41, 5.74) is 1.72. The maximum absolute atomic E-state index is 11.6. The molecule has 6 nitrogen and oxygen atoms in total. The molecule has 0 atom stereocenters. The monoisotopic (exact) mass is 369 g/mol. The lowest BCUT2D eigenvalue weighted by atomic mass is 10.1. The zero-order valence-corrected chi connectivity index (χ0v) is 15.4. The molecular weight excluding hydrogens is 346 g/mol. The summed E-state index contributed by atoms with van der Waals surface area (Å²) in [6, 6.07) is 17.5. The standard InChI is InChI=1S/C21H23NO5/c1-25-20(23)19(21(24)26-2)15-22-17-11-6-12-18(14-17)27-13-7-10-16-8-4-3-5-9-16/h3-6,8-9,11-12,14-15,22H,7,10,13H2,1-2H3. The molecule has 2 aromatic rings. The summed E-state index contributed by atoms with van der Waals surface area (Å²) < 4.78 is 14.9. The van der Waals surface area contributed by atoms with Gasteiger partial charge in [0.15, 0.2) is 5.57 Å². The first kappa shape index (κ1) is 20.0. The maximum Gasteiger partial charge on any atom is 0.346 e. The topological polar surface area (TPSA) is 73.9 Å². The molecule has 0 heterocycles. The molecule has 142 valence electrons. The number of nitrogens with one attached hydrogen (secondary N) is 1. The van der Waals surface area contributed by atoms with Gasteiger partial charge in [0.2, 0.25) is 0 Å². The molecule has 2 aromatic carbocycles. The Labute approximate surface area is 158 Å². The van der Waals surface area contributed by atoms with Gasteiger partial charge in [0.25, 0.3) is 0 Å². The number of carbonyl (C=O) groups is 2. The minimum absolute atomic E-state index is 0.228. The van der Waals surface area contributed by atoms with E-state index in [-0.39, 0.29) is 5.57 Å². The highest BCUT2D eigenvalue weighted by atomic mass is 16.5. The van der Waals surface area contributed by atoms with Crippen molar-refractivity contribution < 1.29 is 23.8 Å². The van der Waals surface area contributed by atoms with E-state index in [4.69, 9.17) is 4.74 Å². The number of rotatable bonds is 9. The van der Waals surface area contributed by atoms with Crippen LogP contribution < -0.4 is 10.1 Å². The number of ether oxygens (including phenoxy) is 3. The molecule has 0 aliphatic heterocycles. The van der Waals surface area contributed by atoms with Crippen LogP contribution in [0.1, 0.15) is 12.0 Å². The van der Waals surface area contributed by atoms with E-state index in [0.29, 0.717) is 18.0 Å². The molecule has 0 bridgehead atoms. The molecule has 27 heavy (non-hydrogen) atoms. The summed E-state index contributed by atoms with van der Waals surface area (Å²) in [6.07, 6.45) is 3.10. The summed E-state index contributed by atoms with van der Waals surface area (Å²) in [4.78, 5) is 23.3. The Morgan fingerprint density at radius 1 is 0.963 bits per heavy atom. The van der Waals surface area contributed by atoms with Crippen molar-refractivity contribution >= 4 is 17.6 Å². The molecule has 0 unspecified atom stereocenters. The molecule has 0 fully saturated rings. The van der Waals surface area contributed by atoms with Gasteiger partial charge in [-0.3, -0.25) is 0 Å². The van der Waals surface area contributed by atoms with Crippen LogP contribution in [0.3, 0.4) is 0 Å². The fraction of sp³-hybridized carbons (Fsp3) is 0.238. The summed E-state index contributed by atoms with van der Waals surface area (Å²) >= 11 is 0. The summed E-state index contributed by atoms with van der Waals surface area (Å²) in [7, 11) is 2.39. The highest BCUT2D eigenvalue weighted by Crippen LogP contribution is 2.18. The van der Waals surface area contributed by atoms with Crippen molar-refractivity contribution in [3.05, 3.63) is 71.9 Å². The van der Waals surface area contributed by atoms with Gasteiger partial charge in [-0.15, -0.1) is 0 Å². The molecule has 0 amide bonds. The van der Waals surface area contributed by atoms with Crippen LogP contribution in [0.2, 0.25) is 0 Å². The summed E-state index contributed by atoms with van der Waals surface area (Å²) in [5.74, 6) is -0.857. The molecule has 0 aromatic heterocycles. The first-order chi connectivity index (χ1) is 13.1. The molecule has 0 aliphatic rings. The van der Waals surface area contributed by atoms with E-state index in [9.17, 15) is 9.59 Å². The Hall–Kier alpha value is -3.28. The first-order valence-corrected chi connectivity index (χ1v) is 8.54. The van der Waals surface area contributed by atoms with Crippen LogP contribution in [0.4, 0.5) is 5.69 Å². The molecular formula is C21H23NO5. The van der Waals surface area contributed by atoms with Crippen LogP contribution in [0.25, 0.3) is 0 Å². The quantitative estimate of drug-likeness (QED) is 0.240. The molecule has 0 spiro atoms. The number of carbonyl (C=O) groups excluding carboxylic acids is 2. The van der Waals surface area contributed by atoms with Crippen molar-refractivity contribution in [3.8, 4) is 5.75 Å². The van der Waals surface area contributed by atoms with Gasteiger partial charge < -0.3 is 19.5 Å². The zero-order chi connectivity index (χ0) is 19.5. The number of anilines is 1. The number of benzene rings is 2. The van der Waals surface area contributed by atoms with E-state index >= 15 is 0 Å². The van der Waals surface area contributed by atoms with E-state index in [2.05, 4.69) is 26.9 Å². The average Bonchev–Trinajstić information content (AvgIpc) is 2.72. The molecule has 0 saturated carbocycles. The number of hydrogen-bond acceptors (Lipinski definition) is 6. The Morgan fingerprint density at radius 3 is 2.33 bits per heavy atom. The van der Waals surface area contributed by atoms with Crippen molar-refractivity contribution in [3.63, 3.8) is 0 Å². The molecule has 0 aliphatic carbocycles. The summed E-state index contributed by atoms with van der Waals surface area (Å²) in [6.45, 7) is 0.587. The van der Waals surface area contributed by atoms with E-state index in [1.165, 1.54) is 26.0 Å². The molecule has 0 radical (unpaired) electrons. The van der Waals surface area contributed by atoms with Gasteiger partial charge >= 0.3 is 11.9 Å². The van der Waals surface area contributed by atoms with Crippen LogP contribution in [0, 0.1) is 0 Å². The van der Waals surface area contributed by atoms with Gasteiger partial charge in [0, 0.05) is 18.0 Å². The average molecular weight is 369 g/mol. The summed E-state index contributed by atoms with van der Waals surface area (Å²) in [5, 5.41) is 2.89. The van der Waals surface area contributed by atoms with Crippen LogP contribution in [0.5, 0.6) is 5.75 Å². The highest BCUT2D eigenvalue weighted by Gasteiger charge is 2.19. The zero-order valence-electron chi connectivity index (χ0n) is 15.4. The van der Waals surface area contributed by atoms with E-state index in [1.807, 2.05) is 30.3 Å². The second-order valence-corrected chi connectivity index (χ2v) is 5.65. The molecule has 6 heteroatoms. The molecule has 0 saturated heterocycles. The third-order valence-electron chi connectivity index (χ3n) is 3.75. The van der Waals surface area contributed by atoms with Crippen molar-refractivity contribution in [1.29, 1.82) is 0 Å². The van der Waals surface area contributed by atoms with E-state index < -0.39 is 11.9 Å². The second kappa shape index (κ2) is 10.7. The minimum Gasteiger partial charge on any atom is -0.494 e. The fourth-order valence-corrected chi connectivity index (χ4v) is 2.36. The Morgan fingerprint density at radius 2 is 1.67 bits per heavy atom. The van der Waals surface area contributed by atoms with Gasteiger partial charge in [0.05, 0.1) is 20.8 Å². The lowest BCUT2D eigenvalue weighted by Crippen LogP contribution is -2.17. The third-order valence-corrected chi connectivity index (χ3v) is 3.75. The lowest BCUT2D eigenvalue weighted by Gasteiger charge is -2.09. The van der Waals surface area contributed by atoms with Crippen LogP contribution in [0.15, 0.2) is 66.4 Å². The van der Waals surface area contributed by atoms with Gasteiger partial charge in [-0.1, -0.05) is 36.4 Å². The van der Waals surface area contributed by atoms with Crippen LogP contribution >= 0.6 is 0 Å². The van der Waals surface area contributed by atoms with Crippen molar-refractivity contribution in [1.82, 2.24) is 0 Å². The van der Waals surface area contributed by atoms with Crippen molar-refractivity contribution in [2.45, 2.75) is 12.8 Å². The van der Waals surface area contributed by atoms with Crippen molar-refractivity contribution in [2.24, 2.45) is 0 Å². The first-order valence-electron chi connectivity index (χ1n) is 8.54. The van der Waals surface area contributed by atoms with Gasteiger partial charge in [-0.05, 0) is 30.5 Å². The lowest BCUT2D eigenvalue weighted by molar-refractivity contribution is -0.144. The van der Waals surface area contributed by atoms with Crippen molar-refractivity contribution in [2.75, 3.05) is 26.1 Å². The fourth-order valence-electron chi connectivity index (χ4n) is 2.36. The van der Waals surface area contributed by atoms with E-state index in [1.54, 1.807) is 12.1 Å². The van der Waals surface area contributed by atoms with Crippen LogP contribution in [-0.2, 0) is 25.5 Å². The van der Waals surface area contributed by atoms with Gasteiger partial charge in [-0.2, -0.15) is 0 Å². The Balaban J connectivity index is 1.91. The largest absolute Gasteiger partial charge is 0.494 e. The van der Waals surface area contributed by atoms with Gasteiger partial charge in [0.1, 0.15) is 5.75 Å². The third kappa shape index (κ3) is 6.51. The molecule has 2 rings (SSSR count). The number of hydrogen-bond donors (Lipinski definition) is 1. The maximum atomic E-state index is 11.6. The predicted molar refractivity (Wildman–Crippen MR) is 102 cm³/mol. The second-order valence-electron chi connectivity index (χ2n) is 5.65. The highest BCUT2D eigenvalue weighted by molar-refractivity contribution is 6.14.